The maximum atomic E-state index is 9.25. The highest BCUT2D eigenvalue weighted by Gasteiger charge is 2.55. The smallest absolute Gasteiger partial charge is 0.0611 e. The predicted molar refractivity (Wildman–Crippen MR) is 51.0 cm³/mol. The first-order valence-electron chi connectivity index (χ1n) is 5.62. The number of aliphatic hydroxyl groups is 1. The van der Waals surface area contributed by atoms with Gasteiger partial charge in [0.15, 0.2) is 0 Å². The molecule has 4 unspecified atom stereocenters. The van der Waals surface area contributed by atoms with Gasteiger partial charge in [-0.3, -0.25) is 0 Å². The normalized spacial score (nSPS) is 58.6. The molecule has 0 aromatic rings. The molecule has 0 amide bonds. The van der Waals surface area contributed by atoms with Gasteiger partial charge in [0.05, 0.1) is 6.61 Å². The average Bonchev–Trinajstić information content (AvgIpc) is 2.73. The molecule has 0 spiro atoms. The van der Waals surface area contributed by atoms with E-state index in [4.69, 9.17) is 5.73 Å². The summed E-state index contributed by atoms with van der Waals surface area (Å²) in [6.45, 7) is 0.194. The topological polar surface area (TPSA) is 46.2 Å². The molecule has 0 saturated heterocycles. The van der Waals surface area contributed by atoms with Crippen LogP contribution >= 0.6 is 0 Å². The number of rotatable bonds is 1. The SMILES string of the molecule is NC1(CO)CC2C3CCC(C3)C2C1. The Labute approximate surface area is 79.5 Å². The highest BCUT2D eigenvalue weighted by Crippen LogP contribution is 2.60. The fourth-order valence-corrected chi connectivity index (χ4v) is 4.32. The average molecular weight is 181 g/mol. The van der Waals surface area contributed by atoms with Gasteiger partial charge >= 0.3 is 0 Å². The number of fused-ring (bicyclic) bond motifs is 5. The van der Waals surface area contributed by atoms with Crippen molar-refractivity contribution in [3.8, 4) is 0 Å². The standard InChI is InChI=1S/C11H19NO/c12-11(6-13)4-9-7-1-2-8(3-7)10(9)5-11/h7-10,13H,1-6,12H2. The predicted octanol–water partition coefficient (Wildman–Crippen LogP) is 1.13. The van der Waals surface area contributed by atoms with Crippen LogP contribution in [0.3, 0.4) is 0 Å². The van der Waals surface area contributed by atoms with Gasteiger partial charge in [0, 0.05) is 5.54 Å². The van der Waals surface area contributed by atoms with Crippen LogP contribution in [0, 0.1) is 23.7 Å². The molecule has 0 aliphatic heterocycles. The van der Waals surface area contributed by atoms with Gasteiger partial charge in [-0.25, -0.2) is 0 Å². The monoisotopic (exact) mass is 181 g/mol. The van der Waals surface area contributed by atoms with E-state index in [0.29, 0.717) is 0 Å². The van der Waals surface area contributed by atoms with Crippen LogP contribution < -0.4 is 5.73 Å². The van der Waals surface area contributed by atoms with Crippen LogP contribution in [-0.2, 0) is 0 Å². The Kier molecular flexibility index (Phi) is 1.58. The lowest BCUT2D eigenvalue weighted by Crippen LogP contribution is -2.41. The third-order valence-electron chi connectivity index (χ3n) is 4.87. The van der Waals surface area contributed by atoms with Gasteiger partial charge in [-0.05, 0) is 55.8 Å². The van der Waals surface area contributed by atoms with Crippen molar-refractivity contribution < 1.29 is 5.11 Å². The van der Waals surface area contributed by atoms with Crippen molar-refractivity contribution in [2.45, 2.75) is 37.6 Å². The molecule has 13 heavy (non-hydrogen) atoms. The van der Waals surface area contributed by atoms with E-state index in [2.05, 4.69) is 0 Å². The summed E-state index contributed by atoms with van der Waals surface area (Å²) in [7, 11) is 0. The first kappa shape index (κ1) is 8.25. The molecule has 2 nitrogen and oxygen atoms in total. The summed E-state index contributed by atoms with van der Waals surface area (Å²) in [6, 6.07) is 0. The molecule has 4 atom stereocenters. The zero-order valence-electron chi connectivity index (χ0n) is 8.08. The van der Waals surface area contributed by atoms with Gasteiger partial charge in [-0.1, -0.05) is 0 Å². The van der Waals surface area contributed by atoms with Crippen molar-refractivity contribution in [2.75, 3.05) is 6.61 Å². The Morgan fingerprint density at radius 1 is 1.15 bits per heavy atom. The van der Waals surface area contributed by atoms with Crippen LogP contribution in [0.15, 0.2) is 0 Å². The van der Waals surface area contributed by atoms with E-state index in [1.807, 2.05) is 0 Å². The van der Waals surface area contributed by atoms with Crippen LogP contribution in [0.5, 0.6) is 0 Å². The van der Waals surface area contributed by atoms with Gasteiger partial charge in [0.1, 0.15) is 0 Å². The van der Waals surface area contributed by atoms with Crippen molar-refractivity contribution in [3.05, 3.63) is 0 Å². The third kappa shape index (κ3) is 1.02. The Balaban J connectivity index is 1.83. The minimum absolute atomic E-state index is 0.194. The first-order valence-corrected chi connectivity index (χ1v) is 5.62. The van der Waals surface area contributed by atoms with Crippen molar-refractivity contribution >= 4 is 0 Å². The summed E-state index contributed by atoms with van der Waals surface area (Å²) in [4.78, 5) is 0. The molecule has 74 valence electrons. The molecule has 3 aliphatic carbocycles. The number of aliphatic hydroxyl groups excluding tert-OH is 1. The second-order valence-electron chi connectivity index (χ2n) is 5.59. The molecule has 3 N–H and O–H groups in total. The number of hydrogen-bond donors (Lipinski definition) is 2. The van der Waals surface area contributed by atoms with Gasteiger partial charge in [-0.15, -0.1) is 0 Å². The van der Waals surface area contributed by atoms with Crippen LogP contribution in [0.25, 0.3) is 0 Å². The fourth-order valence-electron chi connectivity index (χ4n) is 4.32. The molecule has 3 rings (SSSR count). The Hall–Kier alpha value is -0.0800. The lowest BCUT2D eigenvalue weighted by molar-refractivity contribution is 0.187. The molecule has 3 saturated carbocycles. The van der Waals surface area contributed by atoms with Crippen LogP contribution in [-0.4, -0.2) is 17.3 Å². The molecule has 0 heterocycles. The molecule has 3 fully saturated rings. The molecule has 2 heteroatoms. The van der Waals surface area contributed by atoms with E-state index >= 15 is 0 Å². The largest absolute Gasteiger partial charge is 0.394 e. The summed E-state index contributed by atoms with van der Waals surface area (Å²) in [5.74, 6) is 3.67. The van der Waals surface area contributed by atoms with Crippen molar-refractivity contribution in [1.29, 1.82) is 0 Å². The van der Waals surface area contributed by atoms with E-state index in [9.17, 15) is 5.11 Å². The zero-order valence-corrected chi connectivity index (χ0v) is 8.08. The summed E-state index contributed by atoms with van der Waals surface area (Å²) in [6.07, 6.45) is 6.53. The van der Waals surface area contributed by atoms with Crippen molar-refractivity contribution in [2.24, 2.45) is 29.4 Å². The molecule has 0 aromatic carbocycles. The number of hydrogen-bond acceptors (Lipinski definition) is 2. The van der Waals surface area contributed by atoms with E-state index in [-0.39, 0.29) is 12.1 Å². The van der Waals surface area contributed by atoms with Crippen LogP contribution in [0.4, 0.5) is 0 Å². The quantitative estimate of drug-likeness (QED) is 0.637. The van der Waals surface area contributed by atoms with Crippen LogP contribution in [0.1, 0.15) is 32.1 Å². The Bertz CT molecular complexity index is 210. The van der Waals surface area contributed by atoms with E-state index in [1.165, 1.54) is 19.3 Å². The summed E-state index contributed by atoms with van der Waals surface area (Å²) in [5.41, 5.74) is 5.94. The van der Waals surface area contributed by atoms with E-state index < -0.39 is 0 Å². The highest BCUT2D eigenvalue weighted by molar-refractivity contribution is 5.08. The van der Waals surface area contributed by atoms with Gasteiger partial charge in [0.25, 0.3) is 0 Å². The molecule has 2 bridgehead atoms. The fraction of sp³-hybridized carbons (Fsp3) is 1.00. The van der Waals surface area contributed by atoms with E-state index in [0.717, 1.165) is 36.5 Å². The Morgan fingerprint density at radius 3 is 2.15 bits per heavy atom. The maximum Gasteiger partial charge on any atom is 0.0611 e. The van der Waals surface area contributed by atoms with E-state index in [1.54, 1.807) is 0 Å². The van der Waals surface area contributed by atoms with Gasteiger partial charge in [0.2, 0.25) is 0 Å². The minimum atomic E-state index is -0.212. The molecule has 3 aliphatic rings. The molecule has 0 radical (unpaired) electrons. The Morgan fingerprint density at radius 2 is 1.69 bits per heavy atom. The highest BCUT2D eigenvalue weighted by atomic mass is 16.3. The van der Waals surface area contributed by atoms with Crippen LogP contribution in [0.2, 0.25) is 0 Å². The number of nitrogens with two attached hydrogens (primary N) is 1. The summed E-state index contributed by atoms with van der Waals surface area (Å²) < 4.78 is 0. The third-order valence-corrected chi connectivity index (χ3v) is 4.87. The maximum absolute atomic E-state index is 9.25. The lowest BCUT2D eigenvalue weighted by Gasteiger charge is -2.23. The van der Waals surface area contributed by atoms with Crippen molar-refractivity contribution in [1.82, 2.24) is 0 Å². The molecular weight excluding hydrogens is 162 g/mol. The van der Waals surface area contributed by atoms with Gasteiger partial charge in [-0.2, -0.15) is 0 Å². The summed E-state index contributed by atoms with van der Waals surface area (Å²) in [5, 5.41) is 9.25. The van der Waals surface area contributed by atoms with Gasteiger partial charge < -0.3 is 10.8 Å². The molecular formula is C11H19NO. The zero-order chi connectivity index (χ0) is 9.05. The lowest BCUT2D eigenvalue weighted by atomic mass is 9.82. The van der Waals surface area contributed by atoms with Crippen molar-refractivity contribution in [3.63, 3.8) is 0 Å². The molecule has 0 aromatic heterocycles. The summed E-state index contributed by atoms with van der Waals surface area (Å²) >= 11 is 0. The first-order chi connectivity index (χ1) is 6.22. The minimum Gasteiger partial charge on any atom is -0.394 e. The second-order valence-corrected chi connectivity index (χ2v) is 5.59. The second kappa shape index (κ2) is 2.48.